The Labute approximate surface area is 433 Å². The minimum absolute atomic E-state index is 0. The van der Waals surface area contributed by atoms with Crippen LogP contribution in [0.5, 0.6) is 0 Å². The smallest absolute Gasteiger partial charge is 0.870 e. The fourth-order valence-electron chi connectivity index (χ4n) is 9.21. The molecule has 4 atom stereocenters. The van der Waals surface area contributed by atoms with Crippen molar-refractivity contribution in [3.05, 3.63) is 215 Å². The number of rotatable bonds is 18. The van der Waals surface area contributed by atoms with Crippen molar-refractivity contribution in [1.29, 1.82) is 0 Å². The van der Waals surface area contributed by atoms with Crippen LogP contribution >= 0.6 is 23.5 Å². The molecule has 2 aliphatic heterocycles. The first-order valence-electron chi connectivity index (χ1n) is 23.1. The Kier molecular flexibility index (Phi) is 24.1. The first-order chi connectivity index (χ1) is 32.8. The van der Waals surface area contributed by atoms with Gasteiger partial charge in [0, 0.05) is 13.1 Å². The van der Waals surface area contributed by atoms with E-state index in [-0.39, 0.29) is 59.4 Å². The molecule has 2 heterocycles. The van der Waals surface area contributed by atoms with Crippen molar-refractivity contribution in [3.63, 3.8) is 0 Å². The largest absolute Gasteiger partial charge is 1.00 e. The van der Waals surface area contributed by atoms with Crippen LogP contribution in [-0.2, 0) is 36.8 Å². The van der Waals surface area contributed by atoms with Crippen LogP contribution in [0.25, 0.3) is 0 Å². The van der Waals surface area contributed by atoms with Gasteiger partial charge < -0.3 is 30.6 Å². The zero-order chi connectivity index (χ0) is 46.8. The molecule has 0 unspecified atom stereocenters. The van der Waals surface area contributed by atoms with Gasteiger partial charge in [0.05, 0.1) is 18.9 Å². The Balaban J connectivity index is 0.000000292. The molecule has 10 nitrogen and oxygen atoms in total. The average Bonchev–Trinajstić information content (AvgIpc) is 4.02. The summed E-state index contributed by atoms with van der Waals surface area (Å²) < 4.78 is 5.10. The van der Waals surface area contributed by atoms with Crippen LogP contribution in [0.3, 0.4) is 0 Å². The number of nitrogens with zero attached hydrogens (tertiary/aromatic N) is 2. The summed E-state index contributed by atoms with van der Waals surface area (Å²) in [6.07, 6.45) is 3.17. The van der Waals surface area contributed by atoms with E-state index < -0.39 is 29.9 Å². The van der Waals surface area contributed by atoms with E-state index in [1.165, 1.54) is 18.2 Å². The number of carbonyl (C=O) groups is 4. The Bertz CT molecular complexity index is 2380. The number of carboxylic acids is 1. The number of aliphatic carboxylic acids is 1. The molecule has 70 heavy (non-hydrogen) atoms. The van der Waals surface area contributed by atoms with Gasteiger partial charge in [0.2, 0.25) is 11.8 Å². The summed E-state index contributed by atoms with van der Waals surface area (Å²) in [5.74, 6) is 1.89. The van der Waals surface area contributed by atoms with Gasteiger partial charge in [-0.2, -0.15) is 23.5 Å². The van der Waals surface area contributed by atoms with Gasteiger partial charge in [-0.1, -0.05) is 182 Å². The number of methoxy groups -OCH3 is 1. The number of ether oxygens (including phenoxy) is 1. The van der Waals surface area contributed by atoms with E-state index in [4.69, 9.17) is 4.74 Å². The molecule has 2 aliphatic rings. The molecule has 0 spiro atoms. The first-order valence-corrected chi connectivity index (χ1v) is 25.5. The van der Waals surface area contributed by atoms with Crippen LogP contribution in [0.1, 0.15) is 58.1 Å². The second kappa shape index (κ2) is 29.6. The molecule has 0 saturated carbocycles. The molecule has 0 aromatic heterocycles. The standard InChI is InChI=1S/C29H31NO3S.C28H29NO3S.Li.2H2O/c1-33-29(32)26-19-23(21-34-18-17-22-11-5-2-6-12-22)20-30(26)28(31)27(24-13-7-3-8-14-24)25-15-9-4-10-16-25;30-27(26(23-12-6-2-7-13-23)24-14-8-3-9-15-24)29-19-22(18-25(29)28(31)32)20-33-17-16-21-10-4-1-5-11-21;;;/h2-16,23,26-27H,17-21H2,1H3;1-15,22,25-26H,16-20H2,(H,31,32);;2*1H2/q;;+1;;/p-1/t23-,26-;22-,25-;;;/m00.../s1. The van der Waals surface area contributed by atoms with E-state index in [2.05, 4.69) is 36.4 Å². The Morgan fingerprint density at radius 3 is 1.14 bits per heavy atom. The van der Waals surface area contributed by atoms with Crippen LogP contribution in [0.2, 0.25) is 0 Å². The van der Waals surface area contributed by atoms with Gasteiger partial charge in [0.25, 0.3) is 0 Å². The maximum atomic E-state index is 13.9. The van der Waals surface area contributed by atoms with Crippen molar-refractivity contribution in [2.24, 2.45) is 11.8 Å². The van der Waals surface area contributed by atoms with Crippen LogP contribution < -0.4 is 18.9 Å². The van der Waals surface area contributed by atoms with Crippen LogP contribution in [-0.4, -0.2) is 105 Å². The number of thioether (sulfide) groups is 2. The molecule has 13 heteroatoms. The van der Waals surface area contributed by atoms with Gasteiger partial charge in [-0.15, -0.1) is 0 Å². The summed E-state index contributed by atoms with van der Waals surface area (Å²) in [4.78, 5) is 55.8. The molecule has 0 radical (unpaired) electrons. The summed E-state index contributed by atoms with van der Waals surface area (Å²) in [6.45, 7) is 1.07. The van der Waals surface area contributed by atoms with Crippen LogP contribution in [0, 0.1) is 11.8 Å². The van der Waals surface area contributed by atoms with E-state index in [1.807, 2.05) is 169 Å². The van der Waals surface area contributed by atoms with E-state index in [9.17, 15) is 24.3 Å². The van der Waals surface area contributed by atoms with Gasteiger partial charge in [-0.05, 0) is 93.9 Å². The van der Waals surface area contributed by atoms with Gasteiger partial charge >= 0.3 is 30.8 Å². The number of benzene rings is 6. The van der Waals surface area contributed by atoms with Crippen molar-refractivity contribution in [1.82, 2.24) is 9.80 Å². The normalized spacial score (nSPS) is 17.0. The molecule has 0 aliphatic carbocycles. The summed E-state index contributed by atoms with van der Waals surface area (Å²) in [5.41, 5.74) is 6.28. The van der Waals surface area contributed by atoms with Crippen molar-refractivity contribution < 1.29 is 58.8 Å². The number of hydrogen-bond acceptors (Lipinski definition) is 8. The number of hydrogen-bond donors (Lipinski definition) is 1. The fourth-order valence-corrected chi connectivity index (χ4v) is 11.4. The average molecular weight is 975 g/mol. The molecule has 8 rings (SSSR count). The van der Waals surface area contributed by atoms with E-state index in [0.29, 0.717) is 25.9 Å². The summed E-state index contributed by atoms with van der Waals surface area (Å²) >= 11 is 3.73. The molecule has 6 aromatic rings. The van der Waals surface area contributed by atoms with Crippen molar-refractivity contribution in [2.75, 3.05) is 43.2 Å². The van der Waals surface area contributed by atoms with E-state index in [0.717, 1.165) is 58.1 Å². The topological polar surface area (TPSA) is 166 Å². The van der Waals surface area contributed by atoms with E-state index in [1.54, 1.807) is 9.80 Å². The first kappa shape index (κ1) is 57.0. The summed E-state index contributed by atoms with van der Waals surface area (Å²) in [7, 11) is 1.40. The van der Waals surface area contributed by atoms with Gasteiger partial charge in [0.1, 0.15) is 12.1 Å². The van der Waals surface area contributed by atoms with Crippen LogP contribution in [0.4, 0.5) is 0 Å². The number of carboxylic acid groups (broad SMARTS) is 1. The SMILES string of the molecule is COC(=O)[C@@H]1C[C@H](CSCCc2ccccc2)CN1C(=O)C(c1ccccc1)c1ccccc1.O.O=C(O)[C@@H]1C[C@H](CSCCc2ccccc2)CN1C(=O)C(c1ccccc1)c1ccccc1.[Li+].[OH-]. The predicted octanol–water partition coefficient (Wildman–Crippen LogP) is 6.28. The molecule has 2 saturated heterocycles. The monoisotopic (exact) mass is 974 g/mol. The Morgan fingerprint density at radius 2 is 0.829 bits per heavy atom. The van der Waals surface area contributed by atoms with Crippen molar-refractivity contribution >= 4 is 47.3 Å². The zero-order valence-corrected chi connectivity index (χ0v) is 41.6. The zero-order valence-electron chi connectivity index (χ0n) is 40.0. The number of esters is 1. The molecular weight excluding hydrogens is 912 g/mol. The van der Waals surface area contributed by atoms with E-state index >= 15 is 0 Å². The maximum Gasteiger partial charge on any atom is 1.00 e. The van der Waals surface area contributed by atoms with Crippen molar-refractivity contribution in [2.45, 2.75) is 49.6 Å². The number of aryl methyl sites for hydroxylation is 2. The van der Waals surface area contributed by atoms with Gasteiger partial charge in [-0.25, -0.2) is 9.59 Å². The number of carbonyl (C=O) groups excluding carboxylic acids is 3. The predicted molar refractivity (Wildman–Crippen MR) is 277 cm³/mol. The third kappa shape index (κ3) is 15.7. The molecular formula is C57H63LiN2O8S2. The molecule has 362 valence electrons. The molecule has 2 fully saturated rings. The maximum absolute atomic E-state index is 13.9. The molecule has 0 bridgehead atoms. The van der Waals surface area contributed by atoms with Gasteiger partial charge in [-0.3, -0.25) is 9.59 Å². The second-order valence-corrected chi connectivity index (χ2v) is 19.5. The minimum atomic E-state index is -0.917. The molecule has 4 N–H and O–H groups in total. The molecule has 6 aromatic carbocycles. The Morgan fingerprint density at radius 1 is 0.529 bits per heavy atom. The fraction of sp³-hybridized carbons (Fsp3) is 0.298. The third-order valence-electron chi connectivity index (χ3n) is 12.6. The summed E-state index contributed by atoms with van der Waals surface area (Å²) in [6, 6.07) is 58.5. The minimum Gasteiger partial charge on any atom is -0.870 e. The van der Waals surface area contributed by atoms with Gasteiger partial charge in [0.15, 0.2) is 0 Å². The number of amides is 2. The summed E-state index contributed by atoms with van der Waals surface area (Å²) in [5, 5.41) is 9.89. The molecule has 2 amide bonds. The second-order valence-electron chi connectivity index (χ2n) is 17.2. The van der Waals surface area contributed by atoms with Crippen LogP contribution in [0.15, 0.2) is 182 Å². The number of likely N-dealkylation sites (tertiary alicyclic amines) is 2. The Hall–Kier alpha value is -5.58. The third-order valence-corrected chi connectivity index (χ3v) is 15.0. The quantitative estimate of drug-likeness (QED) is 0.0593. The van der Waals surface area contributed by atoms with Crippen molar-refractivity contribution in [3.8, 4) is 0 Å².